The van der Waals surface area contributed by atoms with Gasteiger partial charge in [0.25, 0.3) is 0 Å². The molecule has 0 radical (unpaired) electrons. The molecular formula is C11H16N2O5. The molecule has 7 heteroatoms. The van der Waals surface area contributed by atoms with Crippen molar-refractivity contribution in [2.75, 3.05) is 13.1 Å². The van der Waals surface area contributed by atoms with Crippen molar-refractivity contribution in [3.63, 3.8) is 0 Å². The van der Waals surface area contributed by atoms with Crippen molar-refractivity contribution in [1.82, 2.24) is 10.2 Å². The Hall–Kier alpha value is -2.31. The highest BCUT2D eigenvalue weighted by molar-refractivity contribution is 5.86. The molecule has 0 spiro atoms. The van der Waals surface area contributed by atoms with Crippen molar-refractivity contribution in [2.24, 2.45) is 0 Å². The Bertz CT molecular complexity index is 343. The summed E-state index contributed by atoms with van der Waals surface area (Å²) in [7, 11) is 0. The number of carboxylic acids is 2. The predicted molar refractivity (Wildman–Crippen MR) is 64.2 cm³/mol. The van der Waals surface area contributed by atoms with E-state index in [-0.39, 0.29) is 13.1 Å². The van der Waals surface area contributed by atoms with Crippen molar-refractivity contribution >= 4 is 18.0 Å². The second-order valence-corrected chi connectivity index (χ2v) is 3.42. The number of carbonyl (C=O) groups excluding carboxylic acids is 1. The molecule has 0 bridgehead atoms. The molecule has 0 aliphatic carbocycles. The Morgan fingerprint density at radius 3 is 2.00 bits per heavy atom. The fourth-order valence-electron chi connectivity index (χ4n) is 1.17. The lowest BCUT2D eigenvalue weighted by Gasteiger charge is -2.22. The average molecular weight is 256 g/mol. The summed E-state index contributed by atoms with van der Waals surface area (Å²) in [5, 5.41) is 19.4. The molecule has 0 saturated heterocycles. The van der Waals surface area contributed by atoms with Gasteiger partial charge in [-0.25, -0.2) is 9.59 Å². The van der Waals surface area contributed by atoms with Crippen LogP contribution in [0.15, 0.2) is 25.3 Å². The van der Waals surface area contributed by atoms with Crippen LogP contribution in [-0.2, 0) is 9.59 Å². The highest BCUT2D eigenvalue weighted by atomic mass is 16.4. The average Bonchev–Trinajstić information content (AvgIpc) is 2.27. The van der Waals surface area contributed by atoms with E-state index in [2.05, 4.69) is 18.5 Å². The van der Waals surface area contributed by atoms with Gasteiger partial charge in [-0.1, -0.05) is 12.2 Å². The summed E-state index contributed by atoms with van der Waals surface area (Å²) in [6, 6.07) is -2.14. The highest BCUT2D eigenvalue weighted by Gasteiger charge is 2.24. The molecule has 18 heavy (non-hydrogen) atoms. The lowest BCUT2D eigenvalue weighted by molar-refractivity contribution is -0.145. The van der Waals surface area contributed by atoms with Crippen molar-refractivity contribution in [1.29, 1.82) is 0 Å². The summed E-state index contributed by atoms with van der Waals surface area (Å²) < 4.78 is 0. The number of aliphatic carboxylic acids is 2. The number of hydrogen-bond donors (Lipinski definition) is 3. The number of hydrogen-bond acceptors (Lipinski definition) is 3. The first kappa shape index (κ1) is 15.7. The van der Waals surface area contributed by atoms with E-state index >= 15 is 0 Å². The fraction of sp³-hybridized carbons (Fsp3) is 0.364. The minimum absolute atomic E-state index is 0.206. The van der Waals surface area contributed by atoms with Crippen LogP contribution in [0, 0.1) is 0 Å². The molecule has 0 rings (SSSR count). The van der Waals surface area contributed by atoms with Gasteiger partial charge in [-0.15, -0.1) is 13.2 Å². The zero-order chi connectivity index (χ0) is 14.1. The lowest BCUT2D eigenvalue weighted by Crippen LogP contribution is -2.48. The van der Waals surface area contributed by atoms with Gasteiger partial charge in [0, 0.05) is 13.1 Å². The van der Waals surface area contributed by atoms with Crippen LogP contribution < -0.4 is 5.32 Å². The van der Waals surface area contributed by atoms with E-state index in [1.54, 1.807) is 0 Å². The Morgan fingerprint density at radius 1 is 1.17 bits per heavy atom. The van der Waals surface area contributed by atoms with E-state index in [1.807, 2.05) is 0 Å². The molecule has 0 heterocycles. The number of nitrogens with one attached hydrogen (secondary N) is 1. The summed E-state index contributed by atoms with van der Waals surface area (Å²) in [4.78, 5) is 34.2. The van der Waals surface area contributed by atoms with Gasteiger partial charge in [-0.05, 0) is 0 Å². The fourth-order valence-corrected chi connectivity index (χ4v) is 1.17. The number of amides is 2. The zero-order valence-corrected chi connectivity index (χ0v) is 9.83. The molecule has 2 amide bonds. The molecule has 100 valence electrons. The number of rotatable bonds is 8. The smallest absolute Gasteiger partial charge is 0.326 e. The first-order valence-corrected chi connectivity index (χ1v) is 5.14. The minimum atomic E-state index is -1.47. The van der Waals surface area contributed by atoms with E-state index in [4.69, 9.17) is 10.2 Å². The SMILES string of the molecule is C=CCN(CC=C)C(=O)NC(CC(=O)O)C(=O)O. The molecule has 0 aromatic carbocycles. The third-order valence-electron chi connectivity index (χ3n) is 1.96. The summed E-state index contributed by atoms with van der Waals surface area (Å²) in [5.74, 6) is -2.70. The molecule has 0 aliphatic heterocycles. The standard InChI is InChI=1S/C11H16N2O5/c1-3-5-13(6-4-2)11(18)12-8(10(16)17)7-9(14)15/h3-4,8H,1-2,5-7H2,(H,12,18)(H,14,15)(H,16,17). The number of carbonyl (C=O) groups is 3. The van der Waals surface area contributed by atoms with Gasteiger partial charge >= 0.3 is 18.0 Å². The Labute approximate surface area is 104 Å². The first-order chi connectivity index (χ1) is 8.42. The van der Waals surface area contributed by atoms with Crippen LogP contribution in [0.1, 0.15) is 6.42 Å². The first-order valence-electron chi connectivity index (χ1n) is 5.14. The van der Waals surface area contributed by atoms with E-state index in [0.717, 1.165) is 0 Å². The third-order valence-corrected chi connectivity index (χ3v) is 1.96. The lowest BCUT2D eigenvalue weighted by atomic mass is 10.2. The topological polar surface area (TPSA) is 107 Å². The molecule has 0 fully saturated rings. The second-order valence-electron chi connectivity index (χ2n) is 3.42. The van der Waals surface area contributed by atoms with Crippen molar-refractivity contribution in [3.8, 4) is 0 Å². The van der Waals surface area contributed by atoms with Gasteiger partial charge in [0.15, 0.2) is 0 Å². The van der Waals surface area contributed by atoms with E-state index in [0.29, 0.717) is 0 Å². The van der Waals surface area contributed by atoms with E-state index in [1.165, 1.54) is 17.1 Å². The van der Waals surface area contributed by atoms with Gasteiger partial charge in [-0.3, -0.25) is 4.79 Å². The second kappa shape index (κ2) is 7.88. The zero-order valence-electron chi connectivity index (χ0n) is 9.83. The molecule has 0 aromatic rings. The normalized spacial score (nSPS) is 11.1. The Kier molecular flexibility index (Phi) is 6.87. The van der Waals surface area contributed by atoms with Crippen LogP contribution in [0.2, 0.25) is 0 Å². The monoisotopic (exact) mass is 256 g/mol. The summed E-state index contributed by atoms with van der Waals surface area (Å²) in [6.07, 6.45) is 2.25. The van der Waals surface area contributed by atoms with Crippen LogP contribution >= 0.6 is 0 Å². The van der Waals surface area contributed by atoms with E-state index in [9.17, 15) is 14.4 Å². The van der Waals surface area contributed by atoms with Crippen molar-refractivity contribution < 1.29 is 24.6 Å². The van der Waals surface area contributed by atoms with Gasteiger partial charge < -0.3 is 20.4 Å². The summed E-state index contributed by atoms with van der Waals surface area (Å²) in [6.45, 7) is 7.33. The molecule has 0 saturated carbocycles. The Morgan fingerprint density at radius 2 is 1.67 bits per heavy atom. The number of carboxylic acid groups (broad SMARTS) is 2. The Balaban J connectivity index is 4.63. The molecule has 1 unspecified atom stereocenters. The van der Waals surface area contributed by atoms with Gasteiger partial charge in [0.2, 0.25) is 0 Å². The maximum atomic E-state index is 11.7. The molecule has 7 nitrogen and oxygen atoms in total. The van der Waals surface area contributed by atoms with Gasteiger partial charge in [0.05, 0.1) is 6.42 Å². The summed E-state index contributed by atoms with van der Waals surface area (Å²) in [5.41, 5.74) is 0. The van der Waals surface area contributed by atoms with E-state index < -0.39 is 30.4 Å². The van der Waals surface area contributed by atoms with Crippen LogP contribution in [0.5, 0.6) is 0 Å². The highest BCUT2D eigenvalue weighted by Crippen LogP contribution is 1.97. The minimum Gasteiger partial charge on any atom is -0.481 e. The van der Waals surface area contributed by atoms with Crippen LogP contribution in [0.4, 0.5) is 4.79 Å². The van der Waals surface area contributed by atoms with Gasteiger partial charge in [-0.2, -0.15) is 0 Å². The largest absolute Gasteiger partial charge is 0.481 e. The molecule has 0 aromatic heterocycles. The van der Waals surface area contributed by atoms with Crippen LogP contribution in [0.3, 0.4) is 0 Å². The number of nitrogens with zero attached hydrogens (tertiary/aromatic N) is 1. The maximum absolute atomic E-state index is 11.7. The molecule has 1 atom stereocenters. The van der Waals surface area contributed by atoms with Crippen LogP contribution in [0.25, 0.3) is 0 Å². The molecular weight excluding hydrogens is 240 g/mol. The predicted octanol–water partition coefficient (Wildman–Crippen LogP) is 0.298. The quantitative estimate of drug-likeness (QED) is 0.541. The van der Waals surface area contributed by atoms with Crippen molar-refractivity contribution in [2.45, 2.75) is 12.5 Å². The number of urea groups is 1. The molecule has 0 aliphatic rings. The summed E-state index contributed by atoms with van der Waals surface area (Å²) >= 11 is 0. The maximum Gasteiger partial charge on any atom is 0.326 e. The third kappa shape index (κ3) is 5.69. The van der Waals surface area contributed by atoms with Crippen LogP contribution in [-0.4, -0.2) is 52.2 Å². The van der Waals surface area contributed by atoms with Gasteiger partial charge in [0.1, 0.15) is 6.04 Å². The van der Waals surface area contributed by atoms with Crippen molar-refractivity contribution in [3.05, 3.63) is 25.3 Å². The molecule has 3 N–H and O–H groups in total.